The Kier molecular flexibility index (Phi) is 2.86. The number of hydrogen-bond acceptors (Lipinski definition) is 1. The smallest absolute Gasteiger partial charge is 0.0580 e. The molecule has 0 unspecified atom stereocenters. The predicted molar refractivity (Wildman–Crippen MR) is 50.1 cm³/mol. The van der Waals surface area contributed by atoms with E-state index >= 15 is 0 Å². The topological polar surface area (TPSA) is 12.4 Å². The number of hydrogen-bond donors (Lipinski definition) is 0. The second-order valence-corrected chi connectivity index (χ2v) is 3.36. The fourth-order valence-corrected chi connectivity index (χ4v) is 1.51. The van der Waals surface area contributed by atoms with Crippen LogP contribution < -0.4 is 0 Å². The summed E-state index contributed by atoms with van der Waals surface area (Å²) in [5, 5.41) is 0. The van der Waals surface area contributed by atoms with Gasteiger partial charge in [-0.25, -0.2) is 0 Å². The summed E-state index contributed by atoms with van der Waals surface area (Å²) in [6.45, 7) is 7.57. The van der Waals surface area contributed by atoms with Gasteiger partial charge in [-0.05, 0) is 17.9 Å². The highest BCUT2D eigenvalue weighted by molar-refractivity contribution is 6.02. The van der Waals surface area contributed by atoms with Crippen LogP contribution in [0, 0.1) is 5.92 Å². The lowest BCUT2D eigenvalue weighted by Gasteiger charge is -2.08. The molecule has 0 N–H and O–H groups in total. The maximum Gasteiger partial charge on any atom is 0.0580 e. The molecule has 0 bridgehead atoms. The molecule has 1 heteroatoms. The van der Waals surface area contributed by atoms with Gasteiger partial charge in [-0.15, -0.1) is 0 Å². The zero-order chi connectivity index (χ0) is 8.27. The first kappa shape index (κ1) is 8.51. The van der Waals surface area contributed by atoms with E-state index in [1.165, 1.54) is 24.1 Å². The SMILES string of the molecule is CCCC1=CCN=C1C(C)C. The van der Waals surface area contributed by atoms with Crippen molar-refractivity contribution in [3.8, 4) is 0 Å². The van der Waals surface area contributed by atoms with E-state index in [9.17, 15) is 0 Å². The summed E-state index contributed by atoms with van der Waals surface area (Å²) in [4.78, 5) is 4.46. The first-order valence-electron chi connectivity index (χ1n) is 4.49. The molecule has 1 heterocycles. The molecule has 0 spiro atoms. The molecule has 0 aromatic rings. The van der Waals surface area contributed by atoms with E-state index in [1.54, 1.807) is 0 Å². The Hall–Kier alpha value is -0.590. The van der Waals surface area contributed by atoms with E-state index in [4.69, 9.17) is 0 Å². The molecule has 62 valence electrons. The molecule has 1 aliphatic heterocycles. The lowest BCUT2D eigenvalue weighted by Crippen LogP contribution is -2.07. The molecule has 0 radical (unpaired) electrons. The van der Waals surface area contributed by atoms with Gasteiger partial charge < -0.3 is 0 Å². The molecular weight excluding hydrogens is 134 g/mol. The highest BCUT2D eigenvalue weighted by atomic mass is 14.8. The lowest BCUT2D eigenvalue weighted by molar-refractivity contribution is 0.859. The van der Waals surface area contributed by atoms with Crippen molar-refractivity contribution >= 4 is 5.71 Å². The number of aliphatic imine (C=N–C) groups is 1. The summed E-state index contributed by atoms with van der Waals surface area (Å²) < 4.78 is 0. The molecule has 11 heavy (non-hydrogen) atoms. The zero-order valence-electron chi connectivity index (χ0n) is 7.72. The third-order valence-electron chi connectivity index (χ3n) is 1.99. The minimum atomic E-state index is 0.607. The Morgan fingerprint density at radius 1 is 1.55 bits per heavy atom. The maximum absolute atomic E-state index is 4.46. The fraction of sp³-hybridized carbons (Fsp3) is 0.700. The highest BCUT2D eigenvalue weighted by Crippen LogP contribution is 2.18. The van der Waals surface area contributed by atoms with Gasteiger partial charge in [0.25, 0.3) is 0 Å². The molecule has 0 aromatic heterocycles. The summed E-state index contributed by atoms with van der Waals surface area (Å²) in [5.41, 5.74) is 2.83. The summed E-state index contributed by atoms with van der Waals surface area (Å²) in [6, 6.07) is 0. The number of rotatable bonds is 3. The first-order valence-corrected chi connectivity index (χ1v) is 4.49. The van der Waals surface area contributed by atoms with Crippen LogP contribution in [0.5, 0.6) is 0 Å². The minimum Gasteiger partial charge on any atom is -0.285 e. The van der Waals surface area contributed by atoms with E-state index in [0.29, 0.717) is 5.92 Å². The Balaban J connectivity index is 2.60. The molecule has 0 saturated heterocycles. The van der Waals surface area contributed by atoms with Crippen molar-refractivity contribution in [1.82, 2.24) is 0 Å². The fourth-order valence-electron chi connectivity index (χ4n) is 1.51. The van der Waals surface area contributed by atoms with Crippen LogP contribution >= 0.6 is 0 Å². The van der Waals surface area contributed by atoms with Gasteiger partial charge in [0.2, 0.25) is 0 Å². The highest BCUT2D eigenvalue weighted by Gasteiger charge is 2.13. The van der Waals surface area contributed by atoms with Gasteiger partial charge in [0, 0.05) is 5.71 Å². The molecule has 0 atom stereocenters. The van der Waals surface area contributed by atoms with Gasteiger partial charge in [-0.2, -0.15) is 0 Å². The van der Waals surface area contributed by atoms with Crippen LogP contribution in [-0.4, -0.2) is 12.3 Å². The molecule has 1 aliphatic rings. The van der Waals surface area contributed by atoms with Crippen molar-refractivity contribution in [2.45, 2.75) is 33.6 Å². The Labute approximate surface area is 69.2 Å². The van der Waals surface area contributed by atoms with E-state index in [0.717, 1.165) is 6.54 Å². The van der Waals surface area contributed by atoms with Crippen molar-refractivity contribution < 1.29 is 0 Å². The monoisotopic (exact) mass is 151 g/mol. The van der Waals surface area contributed by atoms with Gasteiger partial charge >= 0.3 is 0 Å². The Morgan fingerprint density at radius 2 is 2.27 bits per heavy atom. The van der Waals surface area contributed by atoms with Gasteiger partial charge in [-0.3, -0.25) is 4.99 Å². The van der Waals surface area contributed by atoms with Crippen molar-refractivity contribution in [2.24, 2.45) is 10.9 Å². The number of nitrogens with zero attached hydrogens (tertiary/aromatic N) is 1. The van der Waals surface area contributed by atoms with Crippen LogP contribution in [0.1, 0.15) is 33.6 Å². The van der Waals surface area contributed by atoms with Crippen molar-refractivity contribution in [2.75, 3.05) is 6.54 Å². The summed E-state index contributed by atoms with van der Waals surface area (Å²) in [7, 11) is 0. The second-order valence-electron chi connectivity index (χ2n) is 3.36. The largest absolute Gasteiger partial charge is 0.285 e. The first-order chi connectivity index (χ1) is 5.25. The second kappa shape index (κ2) is 3.70. The van der Waals surface area contributed by atoms with Gasteiger partial charge in [0.05, 0.1) is 6.54 Å². The molecule has 1 nitrogen and oxygen atoms in total. The Bertz CT molecular complexity index is 187. The summed E-state index contributed by atoms with van der Waals surface area (Å²) in [5.74, 6) is 0.607. The number of allylic oxidation sites excluding steroid dienone is 1. The van der Waals surface area contributed by atoms with Gasteiger partial charge in [0.1, 0.15) is 0 Å². The van der Waals surface area contributed by atoms with Crippen molar-refractivity contribution in [3.05, 3.63) is 11.6 Å². The van der Waals surface area contributed by atoms with Crippen molar-refractivity contribution in [1.29, 1.82) is 0 Å². The Morgan fingerprint density at radius 3 is 2.82 bits per heavy atom. The van der Waals surface area contributed by atoms with E-state index in [-0.39, 0.29) is 0 Å². The summed E-state index contributed by atoms with van der Waals surface area (Å²) >= 11 is 0. The standard InChI is InChI=1S/C10H17N/c1-4-5-9-6-7-11-10(9)8(2)3/h6,8H,4-5,7H2,1-3H3. The quantitative estimate of drug-likeness (QED) is 0.588. The third-order valence-corrected chi connectivity index (χ3v) is 1.99. The molecule has 1 rings (SSSR count). The molecule has 0 amide bonds. The molecular formula is C10H17N. The van der Waals surface area contributed by atoms with Gasteiger partial charge in [0.15, 0.2) is 0 Å². The van der Waals surface area contributed by atoms with E-state index < -0.39 is 0 Å². The normalized spacial score (nSPS) is 17.1. The molecule has 0 aromatic carbocycles. The van der Waals surface area contributed by atoms with Crippen LogP contribution in [0.25, 0.3) is 0 Å². The summed E-state index contributed by atoms with van der Waals surface area (Å²) in [6.07, 6.45) is 4.70. The maximum atomic E-state index is 4.46. The minimum absolute atomic E-state index is 0.607. The van der Waals surface area contributed by atoms with Crippen LogP contribution in [0.15, 0.2) is 16.6 Å². The third kappa shape index (κ3) is 1.92. The molecule has 0 aliphatic carbocycles. The van der Waals surface area contributed by atoms with Crippen LogP contribution in [0.2, 0.25) is 0 Å². The average molecular weight is 151 g/mol. The zero-order valence-corrected chi connectivity index (χ0v) is 7.72. The molecule has 0 fully saturated rings. The molecule has 0 saturated carbocycles. The van der Waals surface area contributed by atoms with E-state index in [2.05, 4.69) is 31.8 Å². The van der Waals surface area contributed by atoms with Gasteiger partial charge in [-0.1, -0.05) is 33.3 Å². The lowest BCUT2D eigenvalue weighted by atomic mass is 9.98. The van der Waals surface area contributed by atoms with E-state index in [1.807, 2.05) is 0 Å². The average Bonchev–Trinajstić information content (AvgIpc) is 2.36. The van der Waals surface area contributed by atoms with Crippen molar-refractivity contribution in [3.63, 3.8) is 0 Å². The predicted octanol–water partition coefficient (Wildman–Crippen LogP) is 2.82. The van der Waals surface area contributed by atoms with Crippen LogP contribution in [-0.2, 0) is 0 Å². The van der Waals surface area contributed by atoms with Crippen LogP contribution in [0.4, 0.5) is 0 Å². The van der Waals surface area contributed by atoms with Crippen LogP contribution in [0.3, 0.4) is 0 Å².